The Morgan fingerprint density at radius 1 is 1.05 bits per heavy atom. The number of imidazole rings is 1. The molecule has 0 saturated carbocycles. The predicted octanol–water partition coefficient (Wildman–Crippen LogP) is 3.63. The van der Waals surface area contributed by atoms with Gasteiger partial charge in [0.2, 0.25) is 0 Å². The van der Waals surface area contributed by atoms with Crippen LogP contribution in [0.5, 0.6) is 17.2 Å². The van der Waals surface area contributed by atoms with Gasteiger partial charge in [0.05, 0.1) is 34.0 Å². The molecule has 0 bridgehead atoms. The van der Waals surface area contributed by atoms with Crippen LogP contribution < -0.4 is 38.6 Å². The Morgan fingerprint density at radius 2 is 1.92 bits per heavy atom. The Hall–Kier alpha value is -3.73. The van der Waals surface area contributed by atoms with Crippen LogP contribution in [0.4, 0.5) is 17.2 Å². The molecule has 2 aromatic heterocycles. The molecule has 39 heavy (non-hydrogen) atoms. The molecule has 0 aliphatic carbocycles. The molecule has 9 heteroatoms. The first-order chi connectivity index (χ1) is 18.1. The van der Waals surface area contributed by atoms with Crippen molar-refractivity contribution >= 4 is 39.1 Å². The quantitative estimate of drug-likeness (QED) is 0.273. The summed E-state index contributed by atoms with van der Waals surface area (Å²) < 4.78 is 14.4. The normalized spacial score (nSPS) is 12.6. The molecule has 0 saturated heterocycles. The molecule has 5 aromatic rings. The van der Waals surface area contributed by atoms with Crippen LogP contribution in [0, 0.1) is 20.8 Å². The van der Waals surface area contributed by atoms with Gasteiger partial charge in [-0.1, -0.05) is 6.92 Å². The molecule has 1 N–H and O–H groups in total. The van der Waals surface area contributed by atoms with E-state index in [1.165, 1.54) is 0 Å². The Balaban J connectivity index is 0.00000176. The van der Waals surface area contributed by atoms with Gasteiger partial charge < -0.3 is 31.7 Å². The molecule has 196 valence electrons. The molecule has 0 spiro atoms. The number of rotatable bonds is 6. The van der Waals surface area contributed by atoms with E-state index in [0.29, 0.717) is 12.4 Å². The number of aryl methyl sites for hydroxylation is 2. The summed E-state index contributed by atoms with van der Waals surface area (Å²) in [5, 5.41) is 4.38. The van der Waals surface area contributed by atoms with Gasteiger partial charge >= 0.3 is 18.9 Å². The Bertz CT molecular complexity index is 1600. The average molecular weight is 516 g/mol. The van der Waals surface area contributed by atoms with Crippen molar-refractivity contribution in [1.29, 1.82) is 0 Å². The molecule has 3 heterocycles. The summed E-state index contributed by atoms with van der Waals surface area (Å²) in [5.74, 6) is 3.08. The summed E-state index contributed by atoms with van der Waals surface area (Å²) >= 11 is 0. The fourth-order valence-corrected chi connectivity index (χ4v) is 4.82. The molecule has 0 amide bonds. The zero-order chi connectivity index (χ0) is 25.4. The van der Waals surface area contributed by atoms with Crippen LogP contribution in [0.15, 0.2) is 61.2 Å². The van der Waals surface area contributed by atoms with Crippen molar-refractivity contribution in [3.8, 4) is 17.2 Å². The molecule has 3 aromatic carbocycles. The van der Waals surface area contributed by atoms with Gasteiger partial charge in [-0.3, -0.25) is 6.42 Å². The summed E-state index contributed by atoms with van der Waals surface area (Å²) in [6, 6.07) is 16.1. The van der Waals surface area contributed by atoms with Gasteiger partial charge in [-0.05, 0) is 68.0 Å². The summed E-state index contributed by atoms with van der Waals surface area (Å²) in [6.45, 7) is 6.59. The maximum absolute atomic E-state index is 6.21. The fourth-order valence-electron chi connectivity index (χ4n) is 4.82. The number of hydrogen-bond acceptors (Lipinski definition) is 7. The van der Waals surface area contributed by atoms with E-state index in [2.05, 4.69) is 50.6 Å². The van der Waals surface area contributed by atoms with Crippen LogP contribution in [0.2, 0.25) is 0 Å². The van der Waals surface area contributed by atoms with Crippen LogP contribution in [-0.2, 0) is 7.05 Å². The fraction of sp³-hybridized carbons (Fsp3) is 0.233. The van der Waals surface area contributed by atoms with Crippen LogP contribution in [-0.4, -0.2) is 39.2 Å². The second kappa shape index (κ2) is 12.0. The molecule has 1 aliphatic heterocycles. The molecule has 0 atom stereocenters. The summed E-state index contributed by atoms with van der Waals surface area (Å²) in [7, 11) is 1.98. The molecule has 6 rings (SSSR count). The van der Waals surface area contributed by atoms with E-state index >= 15 is 0 Å². The molecule has 1 aliphatic rings. The number of anilines is 3. The zero-order valence-corrected chi connectivity index (χ0v) is 23.2. The molecule has 0 unspecified atom stereocenters. The van der Waals surface area contributed by atoms with E-state index in [-0.39, 0.29) is 26.3 Å². The first-order valence-electron chi connectivity index (χ1n) is 12.5. The second-order valence-corrected chi connectivity index (χ2v) is 9.29. The number of hydrogen-bond donors (Lipinski definition) is 1. The van der Waals surface area contributed by atoms with Gasteiger partial charge in [-0.25, -0.2) is 15.0 Å². The predicted molar refractivity (Wildman–Crippen MR) is 154 cm³/mol. The van der Waals surface area contributed by atoms with Gasteiger partial charge in [0, 0.05) is 25.3 Å². The number of nitrogens with one attached hydrogen (secondary N) is 1. The summed E-state index contributed by atoms with van der Waals surface area (Å²) in [5.41, 5.74) is 5.81. The van der Waals surface area contributed by atoms with Crippen molar-refractivity contribution < 1.29 is 28.3 Å². The van der Waals surface area contributed by atoms with Crippen LogP contribution in [0.1, 0.15) is 18.9 Å². The minimum absolute atomic E-state index is 0. The van der Waals surface area contributed by atoms with Crippen molar-refractivity contribution in [2.24, 2.45) is 7.05 Å². The maximum atomic E-state index is 6.21. The third-order valence-corrected chi connectivity index (χ3v) is 6.63. The standard InChI is InChI=1S/C29H29N6O2.CH3.Li/c1-4-12-35-13-5-14-36-28-25(35)10-8-22-27(28)29(31-17-30-22)33-20-6-11-26(19(2)15-20)37-21-7-9-24-23(16-21)32-18-34(24)3;;/h5-11,15-18H,4,12-14H2,1-3H3,(H,30,31,33);1H3;/q2*-1;+1. The van der Waals surface area contributed by atoms with Crippen molar-refractivity contribution in [1.82, 2.24) is 19.5 Å². The monoisotopic (exact) mass is 515 g/mol. The number of ether oxygens (including phenoxy) is 2. The van der Waals surface area contributed by atoms with E-state index in [1.54, 1.807) is 12.7 Å². The zero-order valence-electron chi connectivity index (χ0n) is 23.2. The molecular weight excluding hydrogens is 483 g/mol. The topological polar surface area (TPSA) is 77.3 Å². The van der Waals surface area contributed by atoms with Crippen LogP contribution in [0.3, 0.4) is 0 Å². The molecule has 8 nitrogen and oxygen atoms in total. The largest absolute Gasteiger partial charge is 1.00 e. The van der Waals surface area contributed by atoms with Crippen molar-refractivity contribution in [2.45, 2.75) is 20.3 Å². The molecule has 0 fully saturated rings. The average Bonchev–Trinajstić information content (AvgIpc) is 3.14. The molecular formula is C30H32LiN6O2-. The Labute approximate surface area is 241 Å². The number of fused-ring (bicyclic) bond motifs is 4. The van der Waals surface area contributed by atoms with E-state index < -0.39 is 0 Å². The Morgan fingerprint density at radius 3 is 2.74 bits per heavy atom. The second-order valence-electron chi connectivity index (χ2n) is 9.29. The van der Waals surface area contributed by atoms with Gasteiger partial charge in [0.15, 0.2) is 5.75 Å². The molecule has 0 radical (unpaired) electrons. The van der Waals surface area contributed by atoms with E-state index in [0.717, 1.165) is 75.6 Å². The van der Waals surface area contributed by atoms with Gasteiger partial charge in [-0.15, -0.1) is 6.54 Å². The first kappa shape index (κ1) is 28.3. The van der Waals surface area contributed by atoms with Gasteiger partial charge in [0.1, 0.15) is 23.6 Å². The number of aromatic nitrogens is 4. The van der Waals surface area contributed by atoms with E-state index in [1.807, 2.05) is 54.9 Å². The number of nitrogens with zero attached hydrogens (tertiary/aromatic N) is 5. The van der Waals surface area contributed by atoms with Crippen LogP contribution >= 0.6 is 0 Å². The van der Waals surface area contributed by atoms with Crippen molar-refractivity contribution in [3.63, 3.8) is 0 Å². The first-order valence-corrected chi connectivity index (χ1v) is 12.5. The van der Waals surface area contributed by atoms with Crippen molar-refractivity contribution in [2.75, 3.05) is 29.9 Å². The van der Waals surface area contributed by atoms with Gasteiger partial charge in [-0.2, -0.15) is 0 Å². The van der Waals surface area contributed by atoms with E-state index in [4.69, 9.17) is 9.47 Å². The summed E-state index contributed by atoms with van der Waals surface area (Å²) in [4.78, 5) is 15.9. The smallest absolute Gasteiger partial charge is 0.522 e. The van der Waals surface area contributed by atoms with Gasteiger partial charge in [0.25, 0.3) is 0 Å². The minimum Gasteiger partial charge on any atom is -0.522 e. The van der Waals surface area contributed by atoms with E-state index in [9.17, 15) is 0 Å². The number of benzene rings is 3. The maximum Gasteiger partial charge on any atom is 1.00 e. The SMILES string of the molecule is CCCN1C[CH-]COc2c1ccc1ncnc(Nc3ccc(Oc4ccc5c(c4)ncn5C)c(C)c3)c21.[CH3-].[Li+]. The Kier molecular flexibility index (Phi) is 8.69. The third kappa shape index (κ3) is 5.54. The minimum atomic E-state index is 0. The van der Waals surface area contributed by atoms with Crippen LogP contribution in [0.25, 0.3) is 21.9 Å². The third-order valence-electron chi connectivity index (χ3n) is 6.63. The summed E-state index contributed by atoms with van der Waals surface area (Å²) in [6.07, 6.45) is 6.61. The van der Waals surface area contributed by atoms with Crippen molar-refractivity contribution in [3.05, 3.63) is 80.6 Å².